The molecule has 0 radical (unpaired) electrons. The van der Waals surface area contributed by atoms with Crippen LogP contribution in [0.15, 0.2) is 18.2 Å². The van der Waals surface area contributed by atoms with Gasteiger partial charge in [0.1, 0.15) is 0 Å². The second-order valence-electron chi connectivity index (χ2n) is 4.66. The number of halogens is 2. The van der Waals surface area contributed by atoms with Crippen molar-refractivity contribution in [2.75, 3.05) is 11.4 Å². The summed E-state index contributed by atoms with van der Waals surface area (Å²) >= 11 is 9.63. The van der Waals surface area contributed by atoms with Gasteiger partial charge >= 0.3 is 0 Å². The molecule has 1 nitrogen and oxygen atoms in total. The summed E-state index contributed by atoms with van der Waals surface area (Å²) in [5.41, 5.74) is 2.66. The molecule has 0 aliphatic carbocycles. The topological polar surface area (TPSA) is 3.24 Å². The van der Waals surface area contributed by atoms with Crippen molar-refractivity contribution in [2.45, 2.75) is 44.0 Å². The molecule has 1 aromatic rings. The van der Waals surface area contributed by atoms with Crippen molar-refractivity contribution in [3.05, 3.63) is 28.8 Å². The Morgan fingerprint density at radius 2 is 2.24 bits per heavy atom. The van der Waals surface area contributed by atoms with Crippen LogP contribution in [-0.4, -0.2) is 12.6 Å². The fraction of sp³-hybridized carbons (Fsp3) is 0.571. The van der Waals surface area contributed by atoms with Gasteiger partial charge in [-0.1, -0.05) is 34.5 Å². The molecule has 0 bridgehead atoms. The van der Waals surface area contributed by atoms with E-state index in [9.17, 15) is 0 Å². The van der Waals surface area contributed by atoms with E-state index >= 15 is 0 Å². The van der Waals surface area contributed by atoms with Gasteiger partial charge in [0.05, 0.1) is 0 Å². The fourth-order valence-corrected chi connectivity index (χ4v) is 3.33. The maximum Gasteiger partial charge on any atom is 0.0410 e. The number of rotatable bonds is 3. The van der Waals surface area contributed by atoms with E-state index < -0.39 is 0 Å². The summed E-state index contributed by atoms with van der Waals surface area (Å²) < 4.78 is 0. The van der Waals surface area contributed by atoms with Gasteiger partial charge in [-0.3, -0.25) is 0 Å². The Bertz CT molecular complexity index is 380. The van der Waals surface area contributed by atoms with Crippen molar-refractivity contribution in [1.29, 1.82) is 0 Å². The zero-order chi connectivity index (χ0) is 12.3. The lowest BCUT2D eigenvalue weighted by Gasteiger charge is -2.38. The summed E-state index contributed by atoms with van der Waals surface area (Å²) in [7, 11) is 0. The van der Waals surface area contributed by atoms with Gasteiger partial charge in [0.25, 0.3) is 0 Å². The molecule has 0 amide bonds. The summed E-state index contributed by atoms with van der Waals surface area (Å²) in [5.74, 6) is 0. The van der Waals surface area contributed by atoms with E-state index in [-0.39, 0.29) is 0 Å². The lowest BCUT2D eigenvalue weighted by molar-refractivity contribution is 0.449. The molecule has 2 rings (SSSR count). The molecule has 0 aromatic heterocycles. The number of nitrogens with zero attached hydrogens (tertiary/aromatic N) is 1. The first-order chi connectivity index (χ1) is 8.26. The predicted octanol–water partition coefficient (Wildman–Crippen LogP) is 5.00. The number of hydrogen-bond acceptors (Lipinski definition) is 1. The highest BCUT2D eigenvalue weighted by Gasteiger charge is 2.22. The van der Waals surface area contributed by atoms with E-state index in [0.717, 1.165) is 10.4 Å². The number of benzene rings is 1. The molecule has 1 heterocycles. The SMILES string of the molecule is CCC1CCCCN1c1ccc(Cl)cc1CBr. The summed E-state index contributed by atoms with van der Waals surface area (Å²) in [6, 6.07) is 6.95. The fourth-order valence-electron chi connectivity index (χ4n) is 2.68. The lowest BCUT2D eigenvalue weighted by Crippen LogP contribution is -2.39. The van der Waals surface area contributed by atoms with Crippen molar-refractivity contribution >= 4 is 33.2 Å². The van der Waals surface area contributed by atoms with Crippen LogP contribution in [0.25, 0.3) is 0 Å². The van der Waals surface area contributed by atoms with E-state index in [1.165, 1.54) is 43.5 Å². The Morgan fingerprint density at radius 1 is 1.41 bits per heavy atom. The van der Waals surface area contributed by atoms with Gasteiger partial charge in [0, 0.05) is 28.6 Å². The third-order valence-corrected chi connectivity index (χ3v) is 4.43. The lowest BCUT2D eigenvalue weighted by atomic mass is 9.98. The average Bonchev–Trinajstić information content (AvgIpc) is 2.38. The minimum atomic E-state index is 0.697. The first kappa shape index (κ1) is 13.2. The molecule has 0 saturated carbocycles. The van der Waals surface area contributed by atoms with Gasteiger partial charge in [-0.2, -0.15) is 0 Å². The summed E-state index contributed by atoms with van der Waals surface area (Å²) in [6.45, 7) is 3.47. The van der Waals surface area contributed by atoms with E-state index in [1.807, 2.05) is 6.07 Å². The van der Waals surface area contributed by atoms with Crippen LogP contribution < -0.4 is 4.90 Å². The second-order valence-corrected chi connectivity index (χ2v) is 5.66. The first-order valence-electron chi connectivity index (χ1n) is 6.37. The monoisotopic (exact) mass is 315 g/mol. The molecule has 1 aliphatic rings. The first-order valence-corrected chi connectivity index (χ1v) is 7.87. The van der Waals surface area contributed by atoms with Crippen LogP contribution in [0.2, 0.25) is 5.02 Å². The highest BCUT2D eigenvalue weighted by molar-refractivity contribution is 9.08. The molecule has 0 N–H and O–H groups in total. The van der Waals surface area contributed by atoms with E-state index in [0.29, 0.717) is 6.04 Å². The summed E-state index contributed by atoms with van der Waals surface area (Å²) in [6.07, 6.45) is 5.22. The van der Waals surface area contributed by atoms with Gasteiger partial charge in [-0.05, 0) is 49.4 Å². The smallest absolute Gasteiger partial charge is 0.0410 e. The normalized spacial score (nSPS) is 20.6. The number of anilines is 1. The van der Waals surface area contributed by atoms with E-state index in [1.54, 1.807) is 0 Å². The van der Waals surface area contributed by atoms with Crippen molar-refractivity contribution in [3.8, 4) is 0 Å². The highest BCUT2D eigenvalue weighted by Crippen LogP contribution is 2.32. The molecule has 94 valence electrons. The van der Waals surface area contributed by atoms with Crippen LogP contribution in [0.5, 0.6) is 0 Å². The summed E-state index contributed by atoms with van der Waals surface area (Å²) in [5, 5.41) is 1.70. The van der Waals surface area contributed by atoms with Crippen LogP contribution >= 0.6 is 27.5 Å². The maximum atomic E-state index is 6.07. The molecule has 1 atom stereocenters. The highest BCUT2D eigenvalue weighted by atomic mass is 79.9. The molecule has 1 aromatic carbocycles. The molecular formula is C14H19BrClN. The van der Waals surface area contributed by atoms with Gasteiger partial charge in [-0.15, -0.1) is 0 Å². The van der Waals surface area contributed by atoms with Crippen LogP contribution in [0.1, 0.15) is 38.2 Å². The molecule has 1 saturated heterocycles. The van der Waals surface area contributed by atoms with Crippen molar-refractivity contribution in [2.24, 2.45) is 0 Å². The number of piperidine rings is 1. The molecule has 17 heavy (non-hydrogen) atoms. The number of hydrogen-bond donors (Lipinski definition) is 0. The second kappa shape index (κ2) is 6.10. The predicted molar refractivity (Wildman–Crippen MR) is 79.4 cm³/mol. The van der Waals surface area contributed by atoms with Crippen molar-refractivity contribution in [1.82, 2.24) is 0 Å². The van der Waals surface area contributed by atoms with Crippen LogP contribution in [-0.2, 0) is 5.33 Å². The minimum absolute atomic E-state index is 0.697. The molecule has 0 spiro atoms. The van der Waals surface area contributed by atoms with Crippen molar-refractivity contribution in [3.63, 3.8) is 0 Å². The van der Waals surface area contributed by atoms with Crippen LogP contribution in [0.3, 0.4) is 0 Å². The Morgan fingerprint density at radius 3 is 2.94 bits per heavy atom. The Hall–Kier alpha value is -0.210. The summed E-state index contributed by atoms with van der Waals surface area (Å²) in [4.78, 5) is 2.57. The third-order valence-electron chi connectivity index (χ3n) is 3.59. The molecule has 1 aliphatic heterocycles. The van der Waals surface area contributed by atoms with Gasteiger partial charge in [0.15, 0.2) is 0 Å². The standard InChI is InChI=1S/C14H19BrClN/c1-2-13-5-3-4-8-17(13)14-7-6-12(16)9-11(14)10-15/h6-7,9,13H,2-5,8,10H2,1H3. The van der Waals surface area contributed by atoms with Crippen molar-refractivity contribution < 1.29 is 0 Å². The number of alkyl halides is 1. The molecule has 3 heteroatoms. The largest absolute Gasteiger partial charge is 0.368 e. The van der Waals surface area contributed by atoms with E-state index in [4.69, 9.17) is 11.6 Å². The van der Waals surface area contributed by atoms with Crippen LogP contribution in [0.4, 0.5) is 5.69 Å². The average molecular weight is 317 g/mol. The zero-order valence-corrected chi connectivity index (χ0v) is 12.6. The van der Waals surface area contributed by atoms with Gasteiger partial charge < -0.3 is 4.90 Å². The Labute approximate surface area is 117 Å². The maximum absolute atomic E-state index is 6.07. The third kappa shape index (κ3) is 2.97. The Kier molecular flexibility index (Phi) is 4.75. The van der Waals surface area contributed by atoms with E-state index in [2.05, 4.69) is 39.9 Å². The van der Waals surface area contributed by atoms with Gasteiger partial charge in [-0.25, -0.2) is 0 Å². The van der Waals surface area contributed by atoms with Crippen LogP contribution in [0, 0.1) is 0 Å². The minimum Gasteiger partial charge on any atom is -0.368 e. The molecule has 1 fully saturated rings. The Balaban J connectivity index is 2.30. The zero-order valence-electron chi connectivity index (χ0n) is 10.3. The van der Waals surface area contributed by atoms with Gasteiger partial charge in [0.2, 0.25) is 0 Å². The quantitative estimate of drug-likeness (QED) is 0.709. The molecule has 1 unspecified atom stereocenters. The molecular weight excluding hydrogens is 298 g/mol.